The van der Waals surface area contributed by atoms with Crippen molar-refractivity contribution in [2.75, 3.05) is 11.4 Å². The Kier molecular flexibility index (Phi) is 3.34. The lowest BCUT2D eigenvalue weighted by Crippen LogP contribution is -2.38. The van der Waals surface area contributed by atoms with Crippen LogP contribution in [0.15, 0.2) is 60.7 Å². The lowest BCUT2D eigenvalue weighted by Gasteiger charge is -2.22. The number of para-hydroxylation sites is 1. The summed E-state index contributed by atoms with van der Waals surface area (Å²) in [7, 11) is 0. The van der Waals surface area contributed by atoms with Crippen LogP contribution >= 0.6 is 0 Å². The summed E-state index contributed by atoms with van der Waals surface area (Å²) in [5.74, 6) is -0.200. The molecule has 1 atom stereocenters. The molecule has 1 unspecified atom stereocenters. The summed E-state index contributed by atoms with van der Waals surface area (Å²) in [4.78, 5) is 27.2. The molecule has 0 spiro atoms. The van der Waals surface area contributed by atoms with Crippen molar-refractivity contribution in [3.8, 4) is 0 Å². The van der Waals surface area contributed by atoms with Gasteiger partial charge in [0.25, 0.3) is 0 Å². The molecule has 0 N–H and O–H groups in total. The van der Waals surface area contributed by atoms with E-state index in [2.05, 4.69) is 0 Å². The van der Waals surface area contributed by atoms with Gasteiger partial charge in [0.1, 0.15) is 5.41 Å². The first-order valence-corrected chi connectivity index (χ1v) is 7.10. The molecular weight excluding hydrogens is 262 g/mol. The molecule has 0 aromatic heterocycles. The van der Waals surface area contributed by atoms with Gasteiger partial charge in [-0.05, 0) is 25.5 Å². The van der Waals surface area contributed by atoms with Crippen LogP contribution in [0.2, 0.25) is 0 Å². The molecule has 21 heavy (non-hydrogen) atoms. The van der Waals surface area contributed by atoms with E-state index >= 15 is 0 Å². The average molecular weight is 279 g/mol. The van der Waals surface area contributed by atoms with Crippen molar-refractivity contribution in [3.05, 3.63) is 66.2 Å². The van der Waals surface area contributed by atoms with Crippen molar-refractivity contribution in [3.63, 3.8) is 0 Å². The van der Waals surface area contributed by atoms with Crippen molar-refractivity contribution in [2.45, 2.75) is 13.3 Å². The molecule has 0 saturated carbocycles. The molecule has 0 aliphatic carbocycles. The standard InChI is InChI=1S/C18H17NO2/c1-18(16(20)14-8-4-2-5-9-14)12-13-19(17(18)21)15-10-6-3-7-11-15/h2-11H,12-13H2,1H3. The van der Waals surface area contributed by atoms with Crippen LogP contribution in [-0.4, -0.2) is 18.2 Å². The molecule has 1 fully saturated rings. The predicted molar refractivity (Wildman–Crippen MR) is 82.3 cm³/mol. The molecule has 1 aliphatic heterocycles. The second kappa shape index (κ2) is 5.17. The van der Waals surface area contributed by atoms with Crippen LogP contribution in [0.4, 0.5) is 5.69 Å². The quantitative estimate of drug-likeness (QED) is 0.638. The average Bonchev–Trinajstić information content (AvgIpc) is 2.85. The van der Waals surface area contributed by atoms with Crippen LogP contribution in [0, 0.1) is 5.41 Å². The van der Waals surface area contributed by atoms with Gasteiger partial charge in [0.05, 0.1) is 0 Å². The molecule has 3 nitrogen and oxygen atoms in total. The van der Waals surface area contributed by atoms with E-state index in [-0.39, 0.29) is 11.7 Å². The summed E-state index contributed by atoms with van der Waals surface area (Å²) in [6, 6.07) is 18.6. The zero-order chi connectivity index (χ0) is 14.9. The van der Waals surface area contributed by atoms with Crippen LogP contribution in [-0.2, 0) is 4.79 Å². The van der Waals surface area contributed by atoms with Crippen molar-refractivity contribution >= 4 is 17.4 Å². The Morgan fingerprint density at radius 3 is 2.19 bits per heavy atom. The lowest BCUT2D eigenvalue weighted by atomic mass is 9.81. The predicted octanol–water partition coefficient (Wildman–Crippen LogP) is 3.31. The van der Waals surface area contributed by atoms with Crippen molar-refractivity contribution in [1.82, 2.24) is 0 Å². The molecule has 1 saturated heterocycles. The first kappa shape index (κ1) is 13.6. The minimum Gasteiger partial charge on any atom is -0.312 e. The number of ketones is 1. The Balaban J connectivity index is 1.90. The number of hydrogen-bond donors (Lipinski definition) is 0. The summed E-state index contributed by atoms with van der Waals surface area (Å²) in [5, 5.41) is 0. The van der Waals surface area contributed by atoms with Crippen LogP contribution in [0.5, 0.6) is 0 Å². The third kappa shape index (κ3) is 2.25. The maximum Gasteiger partial charge on any atom is 0.240 e. The lowest BCUT2D eigenvalue weighted by molar-refractivity contribution is -0.122. The van der Waals surface area contributed by atoms with E-state index in [4.69, 9.17) is 0 Å². The normalized spacial score (nSPS) is 21.6. The smallest absolute Gasteiger partial charge is 0.240 e. The van der Waals surface area contributed by atoms with E-state index in [9.17, 15) is 9.59 Å². The Labute approximate surface area is 124 Å². The minimum atomic E-state index is -0.961. The number of benzene rings is 2. The molecule has 0 bridgehead atoms. The summed E-state index contributed by atoms with van der Waals surface area (Å²) in [6.07, 6.45) is 0.550. The number of carbonyl (C=O) groups is 2. The van der Waals surface area contributed by atoms with Crippen molar-refractivity contribution in [1.29, 1.82) is 0 Å². The monoisotopic (exact) mass is 279 g/mol. The number of rotatable bonds is 3. The number of carbonyl (C=O) groups excluding carboxylic acids is 2. The first-order valence-electron chi connectivity index (χ1n) is 7.10. The van der Waals surface area contributed by atoms with E-state index in [0.29, 0.717) is 18.5 Å². The number of anilines is 1. The van der Waals surface area contributed by atoms with Gasteiger partial charge in [-0.1, -0.05) is 48.5 Å². The highest BCUT2D eigenvalue weighted by Gasteiger charge is 2.48. The largest absolute Gasteiger partial charge is 0.312 e. The van der Waals surface area contributed by atoms with Crippen molar-refractivity contribution < 1.29 is 9.59 Å². The van der Waals surface area contributed by atoms with Gasteiger partial charge in [-0.15, -0.1) is 0 Å². The Bertz CT molecular complexity index is 666. The minimum absolute atomic E-state index is 0.0912. The van der Waals surface area contributed by atoms with Gasteiger partial charge in [-0.3, -0.25) is 9.59 Å². The highest BCUT2D eigenvalue weighted by Crippen LogP contribution is 2.37. The fourth-order valence-electron chi connectivity index (χ4n) is 2.81. The summed E-state index contributed by atoms with van der Waals surface area (Å²) >= 11 is 0. The zero-order valence-corrected chi connectivity index (χ0v) is 12.0. The summed E-state index contributed by atoms with van der Waals surface area (Å²) in [6.45, 7) is 2.34. The van der Waals surface area contributed by atoms with E-state index < -0.39 is 5.41 Å². The van der Waals surface area contributed by atoms with Gasteiger partial charge in [-0.25, -0.2) is 0 Å². The highest BCUT2D eigenvalue weighted by molar-refractivity contribution is 6.19. The van der Waals surface area contributed by atoms with Gasteiger partial charge >= 0.3 is 0 Å². The molecule has 2 aromatic rings. The second-order valence-electron chi connectivity index (χ2n) is 5.57. The maximum absolute atomic E-state index is 12.7. The molecule has 1 aliphatic rings. The first-order chi connectivity index (χ1) is 10.1. The van der Waals surface area contributed by atoms with Gasteiger partial charge in [0.2, 0.25) is 5.91 Å². The Morgan fingerprint density at radius 2 is 1.57 bits per heavy atom. The number of amides is 1. The third-order valence-electron chi connectivity index (χ3n) is 4.16. The second-order valence-corrected chi connectivity index (χ2v) is 5.57. The van der Waals surface area contributed by atoms with E-state index in [0.717, 1.165) is 5.69 Å². The molecule has 0 radical (unpaired) electrons. The molecule has 1 heterocycles. The molecule has 3 heteroatoms. The van der Waals surface area contributed by atoms with Gasteiger partial charge in [-0.2, -0.15) is 0 Å². The SMILES string of the molecule is CC1(C(=O)c2ccccc2)CCN(c2ccccc2)C1=O. The topological polar surface area (TPSA) is 37.4 Å². The van der Waals surface area contributed by atoms with Gasteiger partial charge in [0.15, 0.2) is 5.78 Å². The van der Waals surface area contributed by atoms with Crippen LogP contribution < -0.4 is 4.90 Å². The number of Topliss-reactive ketones (excluding diaryl/α,β-unsaturated/α-hetero) is 1. The highest BCUT2D eigenvalue weighted by atomic mass is 16.2. The molecule has 1 amide bonds. The van der Waals surface area contributed by atoms with E-state index in [1.54, 1.807) is 24.0 Å². The molecule has 106 valence electrons. The van der Waals surface area contributed by atoms with Crippen LogP contribution in [0.1, 0.15) is 23.7 Å². The van der Waals surface area contributed by atoms with E-state index in [1.165, 1.54) is 0 Å². The molecule has 3 rings (SSSR count). The third-order valence-corrected chi connectivity index (χ3v) is 4.16. The van der Waals surface area contributed by atoms with Crippen molar-refractivity contribution in [2.24, 2.45) is 5.41 Å². The van der Waals surface area contributed by atoms with Crippen LogP contribution in [0.3, 0.4) is 0 Å². The summed E-state index contributed by atoms with van der Waals surface area (Å²) < 4.78 is 0. The fraction of sp³-hybridized carbons (Fsp3) is 0.222. The summed E-state index contributed by atoms with van der Waals surface area (Å²) in [5.41, 5.74) is 0.493. The van der Waals surface area contributed by atoms with E-state index in [1.807, 2.05) is 48.5 Å². The maximum atomic E-state index is 12.7. The zero-order valence-electron chi connectivity index (χ0n) is 12.0. The van der Waals surface area contributed by atoms with Gasteiger partial charge < -0.3 is 4.90 Å². The molecular formula is C18H17NO2. The Morgan fingerprint density at radius 1 is 1.00 bits per heavy atom. The number of nitrogens with zero attached hydrogens (tertiary/aromatic N) is 1. The fourth-order valence-corrected chi connectivity index (χ4v) is 2.81. The Hall–Kier alpha value is -2.42. The number of hydrogen-bond acceptors (Lipinski definition) is 2. The van der Waals surface area contributed by atoms with Crippen LogP contribution in [0.25, 0.3) is 0 Å². The molecule has 2 aromatic carbocycles. The van der Waals surface area contributed by atoms with Gasteiger partial charge in [0, 0.05) is 17.8 Å².